The summed E-state index contributed by atoms with van der Waals surface area (Å²) in [6.07, 6.45) is -0.632. The van der Waals surface area contributed by atoms with Crippen molar-refractivity contribution in [3.05, 3.63) is 65.5 Å². The van der Waals surface area contributed by atoms with Crippen molar-refractivity contribution < 1.29 is 14.1 Å². The largest absolute Gasteiger partial charge is 0.481 e. The topological polar surface area (TPSA) is 77.2 Å². The molecule has 0 saturated heterocycles. The fourth-order valence-electron chi connectivity index (χ4n) is 2.60. The molecule has 6 heteroatoms. The summed E-state index contributed by atoms with van der Waals surface area (Å²) < 4.78 is 10.9. The zero-order chi connectivity index (χ0) is 18.5. The Morgan fingerprint density at radius 2 is 1.85 bits per heavy atom. The lowest BCUT2D eigenvalue weighted by atomic mass is 10.1. The number of ether oxygens (including phenoxy) is 1. The number of rotatable bonds is 6. The number of nitrogens with one attached hydrogen (secondary N) is 1. The van der Waals surface area contributed by atoms with Gasteiger partial charge in [-0.3, -0.25) is 4.79 Å². The second-order valence-corrected chi connectivity index (χ2v) is 6.18. The van der Waals surface area contributed by atoms with Gasteiger partial charge in [0.2, 0.25) is 11.7 Å². The predicted molar refractivity (Wildman–Crippen MR) is 97.6 cm³/mol. The third-order valence-corrected chi connectivity index (χ3v) is 3.79. The van der Waals surface area contributed by atoms with Crippen molar-refractivity contribution in [3.8, 4) is 17.1 Å². The Balaban J connectivity index is 1.56. The van der Waals surface area contributed by atoms with Gasteiger partial charge in [-0.15, -0.1) is 0 Å². The first-order valence-corrected chi connectivity index (χ1v) is 8.42. The lowest BCUT2D eigenvalue weighted by molar-refractivity contribution is -0.127. The van der Waals surface area contributed by atoms with Crippen LogP contribution in [0.15, 0.2) is 53.1 Å². The molecule has 1 atom stereocenters. The molecule has 2 aromatic carbocycles. The normalized spacial score (nSPS) is 11.8. The summed E-state index contributed by atoms with van der Waals surface area (Å²) in [6, 6.07) is 15.4. The summed E-state index contributed by atoms with van der Waals surface area (Å²) in [7, 11) is 0. The van der Waals surface area contributed by atoms with E-state index in [2.05, 4.69) is 21.5 Å². The van der Waals surface area contributed by atoms with Gasteiger partial charge in [0.15, 0.2) is 6.10 Å². The number of aryl methyl sites for hydroxylation is 2. The quantitative estimate of drug-likeness (QED) is 0.736. The van der Waals surface area contributed by atoms with Crippen LogP contribution < -0.4 is 10.1 Å². The molecule has 0 spiro atoms. The van der Waals surface area contributed by atoms with Crippen LogP contribution in [0.5, 0.6) is 5.75 Å². The predicted octanol–water partition coefficient (Wildman–Crippen LogP) is 3.44. The van der Waals surface area contributed by atoms with Crippen LogP contribution in [0.2, 0.25) is 0 Å². The SMILES string of the molecule is Cc1cc(C)cc(O[C@@H](C)C(=O)NCc2nc(-c3ccccc3)no2)c1. The molecule has 0 aliphatic carbocycles. The van der Waals surface area contributed by atoms with E-state index in [0.717, 1.165) is 16.7 Å². The van der Waals surface area contributed by atoms with E-state index in [0.29, 0.717) is 17.5 Å². The van der Waals surface area contributed by atoms with E-state index in [4.69, 9.17) is 9.26 Å². The molecule has 0 bridgehead atoms. The maximum atomic E-state index is 12.2. The van der Waals surface area contributed by atoms with Crippen molar-refractivity contribution in [2.24, 2.45) is 0 Å². The van der Waals surface area contributed by atoms with Crippen molar-refractivity contribution in [2.45, 2.75) is 33.4 Å². The minimum Gasteiger partial charge on any atom is -0.481 e. The van der Waals surface area contributed by atoms with Gasteiger partial charge in [-0.2, -0.15) is 4.98 Å². The number of hydrogen-bond acceptors (Lipinski definition) is 5. The lowest BCUT2D eigenvalue weighted by Crippen LogP contribution is -2.36. The van der Waals surface area contributed by atoms with Crippen LogP contribution in [0.1, 0.15) is 23.9 Å². The average molecular weight is 351 g/mol. The highest BCUT2D eigenvalue weighted by atomic mass is 16.5. The van der Waals surface area contributed by atoms with E-state index >= 15 is 0 Å². The Labute approximate surface area is 152 Å². The highest BCUT2D eigenvalue weighted by Crippen LogP contribution is 2.18. The first kappa shape index (κ1) is 17.7. The monoisotopic (exact) mass is 351 g/mol. The lowest BCUT2D eigenvalue weighted by Gasteiger charge is -2.15. The summed E-state index contributed by atoms with van der Waals surface area (Å²) in [4.78, 5) is 16.5. The number of benzene rings is 2. The van der Waals surface area contributed by atoms with Gasteiger partial charge in [-0.25, -0.2) is 0 Å². The molecule has 3 aromatic rings. The van der Waals surface area contributed by atoms with E-state index in [-0.39, 0.29) is 12.5 Å². The van der Waals surface area contributed by atoms with Crippen LogP contribution in [0, 0.1) is 13.8 Å². The summed E-state index contributed by atoms with van der Waals surface area (Å²) in [5, 5.41) is 6.68. The molecule has 1 aromatic heterocycles. The number of carbonyl (C=O) groups excluding carboxylic acids is 1. The minimum atomic E-state index is -0.632. The summed E-state index contributed by atoms with van der Waals surface area (Å²) in [6.45, 7) is 5.84. The van der Waals surface area contributed by atoms with Crippen molar-refractivity contribution in [1.29, 1.82) is 0 Å². The number of carbonyl (C=O) groups is 1. The first-order valence-electron chi connectivity index (χ1n) is 8.42. The first-order chi connectivity index (χ1) is 12.5. The minimum absolute atomic E-state index is 0.152. The second kappa shape index (κ2) is 7.82. The Kier molecular flexibility index (Phi) is 5.31. The zero-order valence-electron chi connectivity index (χ0n) is 15.0. The molecule has 1 heterocycles. The van der Waals surface area contributed by atoms with Crippen molar-refractivity contribution in [1.82, 2.24) is 15.5 Å². The number of hydrogen-bond donors (Lipinski definition) is 1. The smallest absolute Gasteiger partial charge is 0.261 e. The molecular formula is C20H21N3O3. The maximum Gasteiger partial charge on any atom is 0.261 e. The molecule has 0 aliphatic heterocycles. The third-order valence-electron chi connectivity index (χ3n) is 3.79. The molecular weight excluding hydrogens is 330 g/mol. The van der Waals surface area contributed by atoms with Crippen LogP contribution >= 0.6 is 0 Å². The number of aromatic nitrogens is 2. The van der Waals surface area contributed by atoms with Crippen LogP contribution in [0.4, 0.5) is 0 Å². The average Bonchev–Trinajstić information content (AvgIpc) is 3.08. The fourth-order valence-corrected chi connectivity index (χ4v) is 2.60. The maximum absolute atomic E-state index is 12.2. The molecule has 0 aliphatic rings. The third kappa shape index (κ3) is 4.47. The molecule has 0 fully saturated rings. The van der Waals surface area contributed by atoms with Crippen LogP contribution in [-0.2, 0) is 11.3 Å². The van der Waals surface area contributed by atoms with Crippen LogP contribution in [-0.4, -0.2) is 22.2 Å². The highest BCUT2D eigenvalue weighted by Gasteiger charge is 2.16. The van der Waals surface area contributed by atoms with Gasteiger partial charge < -0.3 is 14.6 Å². The fraction of sp³-hybridized carbons (Fsp3) is 0.250. The highest BCUT2D eigenvalue weighted by molar-refractivity contribution is 5.80. The van der Waals surface area contributed by atoms with Gasteiger partial charge in [0.05, 0.1) is 6.54 Å². The van der Waals surface area contributed by atoms with E-state index in [1.807, 2.05) is 56.3 Å². The van der Waals surface area contributed by atoms with Crippen molar-refractivity contribution in [2.75, 3.05) is 0 Å². The van der Waals surface area contributed by atoms with Gasteiger partial charge in [-0.1, -0.05) is 41.6 Å². The van der Waals surface area contributed by atoms with E-state index < -0.39 is 6.10 Å². The molecule has 3 rings (SSSR count). The van der Waals surface area contributed by atoms with Gasteiger partial charge in [0, 0.05) is 5.56 Å². The summed E-state index contributed by atoms with van der Waals surface area (Å²) >= 11 is 0. The second-order valence-electron chi connectivity index (χ2n) is 6.18. The molecule has 134 valence electrons. The molecule has 0 radical (unpaired) electrons. The number of amides is 1. The van der Waals surface area contributed by atoms with Crippen molar-refractivity contribution >= 4 is 5.91 Å². The standard InChI is InChI=1S/C20H21N3O3/c1-13-9-14(2)11-17(10-13)25-15(3)20(24)21-12-18-22-19(23-26-18)16-7-5-4-6-8-16/h4-11,15H,12H2,1-3H3,(H,21,24)/t15-/m0/s1. The number of nitrogens with zero attached hydrogens (tertiary/aromatic N) is 2. The van der Waals surface area contributed by atoms with Crippen molar-refractivity contribution in [3.63, 3.8) is 0 Å². The Morgan fingerprint density at radius 1 is 1.15 bits per heavy atom. The molecule has 0 saturated carbocycles. The Hall–Kier alpha value is -3.15. The van der Waals surface area contributed by atoms with Gasteiger partial charge in [0.25, 0.3) is 5.91 Å². The van der Waals surface area contributed by atoms with E-state index in [1.165, 1.54) is 0 Å². The molecule has 0 unspecified atom stereocenters. The van der Waals surface area contributed by atoms with Crippen LogP contribution in [0.3, 0.4) is 0 Å². The van der Waals surface area contributed by atoms with E-state index in [9.17, 15) is 4.79 Å². The summed E-state index contributed by atoms with van der Waals surface area (Å²) in [5.74, 6) is 1.27. The Morgan fingerprint density at radius 3 is 2.54 bits per heavy atom. The Bertz CT molecular complexity index is 870. The molecule has 1 amide bonds. The summed E-state index contributed by atoms with van der Waals surface area (Å²) in [5.41, 5.74) is 3.04. The zero-order valence-corrected chi connectivity index (χ0v) is 15.0. The molecule has 6 nitrogen and oxygen atoms in total. The van der Waals surface area contributed by atoms with Gasteiger partial charge in [0.1, 0.15) is 5.75 Å². The molecule has 26 heavy (non-hydrogen) atoms. The molecule has 1 N–H and O–H groups in total. The van der Waals surface area contributed by atoms with Gasteiger partial charge >= 0.3 is 0 Å². The van der Waals surface area contributed by atoms with Gasteiger partial charge in [-0.05, 0) is 44.0 Å². The van der Waals surface area contributed by atoms with E-state index in [1.54, 1.807) is 6.92 Å². The van der Waals surface area contributed by atoms with Crippen LogP contribution in [0.25, 0.3) is 11.4 Å².